The van der Waals surface area contributed by atoms with E-state index < -0.39 is 34.6 Å². The molecule has 0 aliphatic carbocycles. The molecule has 3 N–H and O–H groups in total. The molecule has 0 radical (unpaired) electrons. The Morgan fingerprint density at radius 2 is 1.47 bits per heavy atom. The zero-order valence-electron chi connectivity index (χ0n) is 18.8. The van der Waals surface area contributed by atoms with Gasteiger partial charge in [0.2, 0.25) is 17.7 Å². The van der Waals surface area contributed by atoms with Crippen molar-refractivity contribution in [3.8, 4) is 0 Å². The van der Waals surface area contributed by atoms with Crippen molar-refractivity contribution in [3.05, 3.63) is 71.8 Å². The first kappa shape index (κ1) is 25.7. The van der Waals surface area contributed by atoms with Crippen LogP contribution in [0.2, 0.25) is 0 Å². The average Bonchev–Trinajstić information content (AvgIpc) is 2.81. The summed E-state index contributed by atoms with van der Waals surface area (Å²) in [4.78, 5) is 40.1. The number of hydrogen-bond acceptors (Lipinski definition) is 4. The summed E-state index contributed by atoms with van der Waals surface area (Å²) >= 11 is 3.41. The number of nitrogens with zero attached hydrogens (tertiary/aromatic N) is 1. The number of amides is 3. The highest BCUT2D eigenvalue weighted by Crippen LogP contribution is 2.21. The van der Waals surface area contributed by atoms with Crippen LogP contribution in [-0.4, -0.2) is 46.6 Å². The number of aryl methyl sites for hydroxylation is 1. The molecule has 0 saturated heterocycles. The summed E-state index contributed by atoms with van der Waals surface area (Å²) in [6.07, 6.45) is 1.18. The van der Waals surface area contributed by atoms with Crippen LogP contribution in [0.3, 0.4) is 0 Å². The summed E-state index contributed by atoms with van der Waals surface area (Å²) in [5.41, 5.74) is 8.17. The third-order valence-corrected chi connectivity index (χ3v) is 6.78. The summed E-state index contributed by atoms with van der Waals surface area (Å²) < 4.78 is 0. The van der Waals surface area contributed by atoms with Gasteiger partial charge in [0.15, 0.2) is 0 Å². The molecule has 6 nitrogen and oxygen atoms in total. The van der Waals surface area contributed by atoms with Gasteiger partial charge in [-0.3, -0.25) is 19.3 Å². The summed E-state index contributed by atoms with van der Waals surface area (Å²) in [6, 6.07) is 17.1. The molecule has 0 saturated carbocycles. The van der Waals surface area contributed by atoms with Crippen molar-refractivity contribution in [3.63, 3.8) is 0 Å². The van der Waals surface area contributed by atoms with Crippen LogP contribution in [0.15, 0.2) is 60.7 Å². The van der Waals surface area contributed by atoms with Gasteiger partial charge in [0.05, 0.1) is 10.9 Å². The largest absolute Gasteiger partial charge is 0.357 e. The Balaban J connectivity index is 2.34. The van der Waals surface area contributed by atoms with Crippen LogP contribution < -0.4 is 11.1 Å². The van der Waals surface area contributed by atoms with E-state index in [1.807, 2.05) is 74.5 Å². The number of carbonyl (C=O) groups excluding carboxylic acids is 3. The van der Waals surface area contributed by atoms with Crippen molar-refractivity contribution in [2.45, 2.75) is 50.0 Å². The zero-order chi connectivity index (χ0) is 23.7. The van der Waals surface area contributed by atoms with E-state index in [1.165, 1.54) is 7.05 Å². The van der Waals surface area contributed by atoms with E-state index in [2.05, 4.69) is 21.2 Å². The Kier molecular flexibility index (Phi) is 10.1. The second kappa shape index (κ2) is 12.5. The van der Waals surface area contributed by atoms with Crippen LogP contribution in [0.4, 0.5) is 0 Å². The van der Waals surface area contributed by atoms with Crippen molar-refractivity contribution >= 4 is 33.7 Å². The minimum absolute atomic E-state index is 0.0691. The highest BCUT2D eigenvalue weighted by Gasteiger charge is 2.39. The fourth-order valence-electron chi connectivity index (χ4n) is 3.41. The molecule has 0 spiro atoms. The number of likely N-dealkylation sites (N-methyl/N-ethyl adjacent to an activating group) is 1. The van der Waals surface area contributed by atoms with E-state index in [9.17, 15) is 14.4 Å². The maximum atomic E-state index is 13.5. The number of carbonyl (C=O) groups is 3. The highest BCUT2D eigenvalue weighted by atomic mass is 79.9. The van der Waals surface area contributed by atoms with Crippen LogP contribution in [0.5, 0.6) is 0 Å². The minimum Gasteiger partial charge on any atom is -0.357 e. The highest BCUT2D eigenvalue weighted by molar-refractivity contribution is 9.10. The van der Waals surface area contributed by atoms with E-state index in [0.29, 0.717) is 12.8 Å². The Hall–Kier alpha value is -2.51. The molecule has 2 rings (SSSR count). The number of alkyl halides is 1. The Morgan fingerprint density at radius 3 is 1.97 bits per heavy atom. The standard InChI is InChI=1S/C25H32BrN3O3/c1-17(2)22(26)25(32)29(21(23(30)28-3)16-19-12-8-5-9-13-19)24(31)20(27)15-14-18-10-6-4-7-11-18/h4-13,17,20-22H,14-16,27H2,1-3H3,(H,28,30)/t20?,21?,22-/m1/s1. The number of rotatable bonds is 10. The molecule has 2 aromatic rings. The Morgan fingerprint density at radius 1 is 0.938 bits per heavy atom. The fourth-order valence-corrected chi connectivity index (χ4v) is 3.63. The molecule has 0 bridgehead atoms. The third kappa shape index (κ3) is 7.00. The summed E-state index contributed by atoms with van der Waals surface area (Å²) in [5.74, 6) is -1.47. The van der Waals surface area contributed by atoms with Gasteiger partial charge in [0.1, 0.15) is 6.04 Å². The Bertz CT molecular complexity index is 890. The molecule has 32 heavy (non-hydrogen) atoms. The maximum Gasteiger partial charge on any atom is 0.246 e. The van der Waals surface area contributed by atoms with E-state index in [4.69, 9.17) is 5.73 Å². The van der Waals surface area contributed by atoms with Gasteiger partial charge in [0, 0.05) is 13.5 Å². The molecule has 0 fully saturated rings. The number of imide groups is 1. The molecular formula is C25H32BrN3O3. The molecule has 2 aromatic carbocycles. The minimum atomic E-state index is -0.996. The molecule has 3 atom stereocenters. The molecular weight excluding hydrogens is 470 g/mol. The topological polar surface area (TPSA) is 92.5 Å². The summed E-state index contributed by atoms with van der Waals surface area (Å²) in [7, 11) is 1.50. The quantitative estimate of drug-likeness (QED) is 0.489. The maximum absolute atomic E-state index is 13.5. The van der Waals surface area contributed by atoms with Gasteiger partial charge in [-0.25, -0.2) is 0 Å². The molecule has 172 valence electrons. The van der Waals surface area contributed by atoms with Gasteiger partial charge >= 0.3 is 0 Å². The predicted octanol–water partition coefficient (Wildman–Crippen LogP) is 3.08. The Labute approximate surface area is 198 Å². The number of halogens is 1. The van der Waals surface area contributed by atoms with Crippen molar-refractivity contribution in [1.29, 1.82) is 0 Å². The third-order valence-electron chi connectivity index (χ3n) is 5.33. The van der Waals surface area contributed by atoms with Crippen molar-refractivity contribution in [2.24, 2.45) is 11.7 Å². The second-order valence-corrected chi connectivity index (χ2v) is 9.13. The van der Waals surface area contributed by atoms with Gasteiger partial charge in [-0.2, -0.15) is 0 Å². The SMILES string of the molecule is CNC(=O)C(Cc1ccccc1)N(C(=O)C(N)CCc1ccccc1)C(=O)[C@H](Br)C(C)C. The molecule has 0 heterocycles. The molecule has 7 heteroatoms. The van der Waals surface area contributed by atoms with Crippen LogP contribution in [0.25, 0.3) is 0 Å². The van der Waals surface area contributed by atoms with E-state index >= 15 is 0 Å². The van der Waals surface area contributed by atoms with Crippen molar-refractivity contribution in [2.75, 3.05) is 7.05 Å². The van der Waals surface area contributed by atoms with E-state index in [-0.39, 0.29) is 12.3 Å². The first-order valence-corrected chi connectivity index (χ1v) is 11.7. The first-order chi connectivity index (χ1) is 15.3. The van der Waals surface area contributed by atoms with Crippen molar-refractivity contribution < 1.29 is 14.4 Å². The van der Waals surface area contributed by atoms with Gasteiger partial charge in [-0.1, -0.05) is 90.4 Å². The van der Waals surface area contributed by atoms with Crippen LogP contribution in [-0.2, 0) is 27.2 Å². The molecule has 2 unspecified atom stereocenters. The normalized spacial score (nSPS) is 13.8. The number of hydrogen-bond donors (Lipinski definition) is 2. The molecule has 0 aliphatic rings. The lowest BCUT2D eigenvalue weighted by Gasteiger charge is -2.33. The molecule has 0 aromatic heterocycles. The van der Waals surface area contributed by atoms with Crippen LogP contribution in [0, 0.1) is 5.92 Å². The summed E-state index contributed by atoms with van der Waals surface area (Å²) in [5, 5.41) is 2.60. The average molecular weight is 502 g/mol. The lowest BCUT2D eigenvalue weighted by atomic mass is 9.99. The van der Waals surface area contributed by atoms with Gasteiger partial charge in [-0.05, 0) is 29.9 Å². The molecule has 0 aliphatic heterocycles. The van der Waals surface area contributed by atoms with Crippen LogP contribution in [0.1, 0.15) is 31.4 Å². The predicted molar refractivity (Wildman–Crippen MR) is 130 cm³/mol. The van der Waals surface area contributed by atoms with Crippen molar-refractivity contribution in [1.82, 2.24) is 10.2 Å². The van der Waals surface area contributed by atoms with Gasteiger partial charge < -0.3 is 11.1 Å². The smallest absolute Gasteiger partial charge is 0.246 e. The lowest BCUT2D eigenvalue weighted by Crippen LogP contribution is -2.59. The van der Waals surface area contributed by atoms with Gasteiger partial charge in [-0.15, -0.1) is 0 Å². The zero-order valence-corrected chi connectivity index (χ0v) is 20.4. The van der Waals surface area contributed by atoms with Crippen LogP contribution >= 0.6 is 15.9 Å². The van der Waals surface area contributed by atoms with Gasteiger partial charge in [0.25, 0.3) is 0 Å². The fraction of sp³-hybridized carbons (Fsp3) is 0.400. The second-order valence-electron chi connectivity index (χ2n) is 8.14. The first-order valence-electron chi connectivity index (χ1n) is 10.8. The lowest BCUT2D eigenvalue weighted by molar-refractivity contribution is -0.152. The summed E-state index contributed by atoms with van der Waals surface area (Å²) in [6.45, 7) is 3.75. The monoisotopic (exact) mass is 501 g/mol. The number of benzene rings is 2. The number of nitrogens with two attached hydrogens (primary N) is 1. The van der Waals surface area contributed by atoms with E-state index in [0.717, 1.165) is 16.0 Å². The van der Waals surface area contributed by atoms with E-state index in [1.54, 1.807) is 0 Å². The number of nitrogens with one attached hydrogen (secondary N) is 1. The molecule has 3 amide bonds.